The van der Waals surface area contributed by atoms with Crippen molar-refractivity contribution in [3.63, 3.8) is 0 Å². The highest BCUT2D eigenvalue weighted by atomic mass is 35.5. The molecule has 0 aliphatic heterocycles. The summed E-state index contributed by atoms with van der Waals surface area (Å²) in [6.07, 6.45) is 0. The van der Waals surface area contributed by atoms with Gasteiger partial charge >= 0.3 is 0 Å². The van der Waals surface area contributed by atoms with Crippen molar-refractivity contribution >= 4 is 44.8 Å². The van der Waals surface area contributed by atoms with Gasteiger partial charge in [0.25, 0.3) is 5.91 Å². The minimum atomic E-state index is -4.04. The Morgan fingerprint density at radius 2 is 1.81 bits per heavy atom. The predicted octanol–water partition coefficient (Wildman–Crippen LogP) is 4.87. The summed E-state index contributed by atoms with van der Waals surface area (Å²) >= 11 is 12.0. The minimum absolute atomic E-state index is 0.0688. The monoisotopic (exact) mass is 482 g/mol. The minimum Gasteiger partial charge on any atom is -0.495 e. The summed E-state index contributed by atoms with van der Waals surface area (Å²) in [4.78, 5) is 12.4. The molecular formula is C21H17Cl2FN2O4S. The molecule has 0 radical (unpaired) electrons. The second-order valence-electron chi connectivity index (χ2n) is 6.36. The average molecular weight is 483 g/mol. The average Bonchev–Trinajstić information content (AvgIpc) is 2.73. The number of sulfonamides is 1. The molecule has 6 nitrogen and oxygen atoms in total. The summed E-state index contributed by atoms with van der Waals surface area (Å²) in [6, 6.07) is 14.2. The van der Waals surface area contributed by atoms with E-state index in [9.17, 15) is 17.6 Å². The summed E-state index contributed by atoms with van der Waals surface area (Å²) in [7, 11) is -2.64. The van der Waals surface area contributed by atoms with Crippen molar-refractivity contribution in [3.8, 4) is 5.75 Å². The SMILES string of the molecule is COc1ccc(Cl)cc1NC(=O)c1cc(S(=O)(=O)NCc2ccccc2Cl)ccc1F. The van der Waals surface area contributed by atoms with Crippen molar-refractivity contribution in [2.75, 3.05) is 12.4 Å². The summed E-state index contributed by atoms with van der Waals surface area (Å²) in [5, 5.41) is 3.22. The first-order valence-electron chi connectivity index (χ1n) is 8.89. The number of hydrogen-bond acceptors (Lipinski definition) is 4. The molecule has 2 N–H and O–H groups in total. The topological polar surface area (TPSA) is 84.5 Å². The Morgan fingerprint density at radius 1 is 1.06 bits per heavy atom. The number of carbonyl (C=O) groups excluding carboxylic acids is 1. The number of benzene rings is 3. The van der Waals surface area contributed by atoms with Crippen LogP contribution in [0.1, 0.15) is 15.9 Å². The van der Waals surface area contributed by atoms with E-state index in [2.05, 4.69) is 10.0 Å². The molecule has 3 rings (SSSR count). The number of carbonyl (C=O) groups is 1. The molecular weight excluding hydrogens is 466 g/mol. The molecule has 0 aromatic heterocycles. The maximum absolute atomic E-state index is 14.3. The van der Waals surface area contributed by atoms with Gasteiger partial charge in [-0.2, -0.15) is 0 Å². The molecule has 0 heterocycles. The summed E-state index contributed by atoms with van der Waals surface area (Å²) in [6.45, 7) is -0.0688. The van der Waals surface area contributed by atoms with Crippen LogP contribution in [0.4, 0.5) is 10.1 Å². The number of ether oxygens (including phenoxy) is 1. The van der Waals surface area contributed by atoms with E-state index in [0.29, 0.717) is 21.4 Å². The van der Waals surface area contributed by atoms with Gasteiger partial charge in [-0.3, -0.25) is 4.79 Å². The van der Waals surface area contributed by atoms with Crippen LogP contribution in [0.2, 0.25) is 10.0 Å². The maximum Gasteiger partial charge on any atom is 0.258 e. The van der Waals surface area contributed by atoms with Crippen molar-refractivity contribution in [1.29, 1.82) is 0 Å². The Hall–Kier alpha value is -2.65. The maximum atomic E-state index is 14.3. The molecule has 10 heteroatoms. The van der Waals surface area contributed by atoms with Gasteiger partial charge in [-0.25, -0.2) is 17.5 Å². The van der Waals surface area contributed by atoms with Crippen LogP contribution < -0.4 is 14.8 Å². The molecule has 0 atom stereocenters. The van der Waals surface area contributed by atoms with E-state index < -0.39 is 27.3 Å². The van der Waals surface area contributed by atoms with Crippen LogP contribution in [0.25, 0.3) is 0 Å². The number of amides is 1. The molecule has 3 aromatic rings. The molecule has 31 heavy (non-hydrogen) atoms. The molecule has 162 valence electrons. The highest BCUT2D eigenvalue weighted by Gasteiger charge is 2.20. The molecule has 0 fully saturated rings. The van der Waals surface area contributed by atoms with E-state index in [1.165, 1.54) is 19.2 Å². The van der Waals surface area contributed by atoms with Crippen molar-refractivity contribution in [2.24, 2.45) is 0 Å². The van der Waals surface area contributed by atoms with E-state index in [-0.39, 0.29) is 17.1 Å². The van der Waals surface area contributed by atoms with Gasteiger partial charge in [0.05, 0.1) is 23.3 Å². The lowest BCUT2D eigenvalue weighted by Gasteiger charge is -2.12. The molecule has 1 amide bonds. The zero-order valence-electron chi connectivity index (χ0n) is 16.2. The largest absolute Gasteiger partial charge is 0.495 e. The van der Waals surface area contributed by atoms with Gasteiger partial charge in [0.1, 0.15) is 11.6 Å². The van der Waals surface area contributed by atoms with Crippen LogP contribution in [0.15, 0.2) is 65.6 Å². The first-order chi connectivity index (χ1) is 14.7. The summed E-state index contributed by atoms with van der Waals surface area (Å²) in [5.74, 6) is -1.44. The number of hydrogen-bond donors (Lipinski definition) is 2. The van der Waals surface area contributed by atoms with E-state index in [1.807, 2.05) is 0 Å². The number of methoxy groups -OCH3 is 1. The lowest BCUT2D eigenvalue weighted by Crippen LogP contribution is -2.24. The quantitative estimate of drug-likeness (QED) is 0.502. The van der Waals surface area contributed by atoms with Gasteiger partial charge in [-0.1, -0.05) is 41.4 Å². The van der Waals surface area contributed by atoms with Gasteiger partial charge in [0.2, 0.25) is 10.0 Å². The molecule has 0 unspecified atom stereocenters. The van der Waals surface area contributed by atoms with Crippen LogP contribution in [-0.2, 0) is 16.6 Å². The zero-order valence-corrected chi connectivity index (χ0v) is 18.5. The standard InChI is InChI=1S/C21H17Cl2FN2O4S/c1-30-20-9-6-14(22)10-19(20)26-21(27)16-11-15(7-8-18(16)24)31(28,29)25-12-13-4-2-3-5-17(13)23/h2-11,25H,12H2,1H3,(H,26,27). The number of anilines is 1. The fourth-order valence-electron chi connectivity index (χ4n) is 2.71. The van der Waals surface area contributed by atoms with E-state index in [1.54, 1.807) is 30.3 Å². The smallest absolute Gasteiger partial charge is 0.258 e. The zero-order chi connectivity index (χ0) is 22.6. The number of rotatable bonds is 7. The molecule has 0 spiro atoms. The van der Waals surface area contributed by atoms with Gasteiger partial charge < -0.3 is 10.1 Å². The van der Waals surface area contributed by atoms with Crippen LogP contribution in [0.5, 0.6) is 5.75 Å². The third-order valence-corrected chi connectivity index (χ3v) is 6.32. The van der Waals surface area contributed by atoms with Crippen LogP contribution in [-0.4, -0.2) is 21.4 Å². The fourth-order valence-corrected chi connectivity index (χ4v) is 4.12. The lowest BCUT2D eigenvalue weighted by atomic mass is 10.2. The lowest BCUT2D eigenvalue weighted by molar-refractivity contribution is 0.102. The number of nitrogens with one attached hydrogen (secondary N) is 2. The molecule has 0 saturated carbocycles. The summed E-state index contributed by atoms with van der Waals surface area (Å²) < 4.78 is 47.2. The van der Waals surface area contributed by atoms with Crippen LogP contribution in [0.3, 0.4) is 0 Å². The normalized spacial score (nSPS) is 11.2. The second-order valence-corrected chi connectivity index (χ2v) is 8.97. The van der Waals surface area contributed by atoms with Crippen LogP contribution >= 0.6 is 23.2 Å². The highest BCUT2D eigenvalue weighted by Crippen LogP contribution is 2.28. The third kappa shape index (κ3) is 5.54. The van der Waals surface area contributed by atoms with E-state index in [0.717, 1.165) is 18.2 Å². The number of halogens is 3. The van der Waals surface area contributed by atoms with Gasteiger partial charge in [0.15, 0.2) is 0 Å². The fraction of sp³-hybridized carbons (Fsp3) is 0.0952. The van der Waals surface area contributed by atoms with Crippen molar-refractivity contribution < 1.29 is 22.3 Å². The molecule has 0 saturated heterocycles. The highest BCUT2D eigenvalue weighted by molar-refractivity contribution is 7.89. The van der Waals surface area contributed by atoms with Crippen molar-refractivity contribution in [3.05, 3.63) is 87.7 Å². The molecule has 0 bridgehead atoms. The van der Waals surface area contributed by atoms with Crippen LogP contribution in [0, 0.1) is 5.82 Å². The van der Waals surface area contributed by atoms with Gasteiger partial charge in [-0.15, -0.1) is 0 Å². The van der Waals surface area contributed by atoms with Gasteiger partial charge in [-0.05, 0) is 48.0 Å². The first-order valence-corrected chi connectivity index (χ1v) is 11.1. The van der Waals surface area contributed by atoms with Crippen molar-refractivity contribution in [1.82, 2.24) is 4.72 Å². The Balaban J connectivity index is 1.85. The van der Waals surface area contributed by atoms with Crippen molar-refractivity contribution in [2.45, 2.75) is 11.4 Å². The Morgan fingerprint density at radius 3 is 2.52 bits per heavy atom. The Bertz CT molecular complexity index is 1240. The predicted molar refractivity (Wildman–Crippen MR) is 118 cm³/mol. The molecule has 3 aromatic carbocycles. The Labute approximate surface area is 189 Å². The van der Waals surface area contributed by atoms with E-state index >= 15 is 0 Å². The van der Waals surface area contributed by atoms with E-state index in [4.69, 9.17) is 27.9 Å². The van der Waals surface area contributed by atoms with Gasteiger partial charge in [0, 0.05) is 16.6 Å². The first kappa shape index (κ1) is 23.0. The second kappa shape index (κ2) is 9.65. The third-order valence-electron chi connectivity index (χ3n) is 4.31. The molecule has 0 aliphatic rings. The summed E-state index contributed by atoms with van der Waals surface area (Å²) in [5.41, 5.74) is 0.327. The molecule has 0 aliphatic carbocycles. The Kier molecular flexibility index (Phi) is 7.17.